The highest BCUT2D eigenvalue weighted by atomic mass is 32.2. The number of fused-ring (bicyclic) bond motifs is 2. The van der Waals surface area contributed by atoms with Crippen LogP contribution >= 0.6 is 10.9 Å². The van der Waals surface area contributed by atoms with Crippen molar-refractivity contribution in [1.29, 1.82) is 0 Å². The molecule has 0 aliphatic rings. The highest BCUT2D eigenvalue weighted by molar-refractivity contribution is 8.17. The highest BCUT2D eigenvalue weighted by Gasteiger charge is 2.13. The molecular formula is C17H18O2S. The number of hydrogen-bond donors (Lipinski definition) is 1. The van der Waals surface area contributed by atoms with E-state index in [1.54, 1.807) is 0 Å². The third-order valence-corrected chi connectivity index (χ3v) is 6.25. The molecule has 0 radical (unpaired) electrons. The first-order valence-electron chi connectivity index (χ1n) is 6.95. The van der Waals surface area contributed by atoms with Gasteiger partial charge in [-0.2, -0.15) is 0 Å². The van der Waals surface area contributed by atoms with E-state index in [4.69, 9.17) is 4.42 Å². The van der Waals surface area contributed by atoms with E-state index < -0.39 is 0 Å². The van der Waals surface area contributed by atoms with E-state index in [0.717, 1.165) is 17.1 Å². The summed E-state index contributed by atoms with van der Waals surface area (Å²) in [6.45, 7) is 4.40. The van der Waals surface area contributed by atoms with Gasteiger partial charge < -0.3 is 4.42 Å². The third kappa shape index (κ3) is 2.02. The quantitative estimate of drug-likeness (QED) is 0.573. The highest BCUT2D eigenvalue weighted by Crippen LogP contribution is 2.40. The van der Waals surface area contributed by atoms with Crippen LogP contribution in [0.1, 0.15) is 13.8 Å². The minimum absolute atomic E-state index is 0.0749. The van der Waals surface area contributed by atoms with Gasteiger partial charge in [0.1, 0.15) is 11.2 Å². The Morgan fingerprint density at radius 3 is 2.40 bits per heavy atom. The minimum atomic E-state index is -0.252. The van der Waals surface area contributed by atoms with Gasteiger partial charge in [0, 0.05) is 4.90 Å². The van der Waals surface area contributed by atoms with Crippen molar-refractivity contribution in [3.05, 3.63) is 52.7 Å². The lowest BCUT2D eigenvalue weighted by molar-refractivity contribution is 0.651. The van der Waals surface area contributed by atoms with Crippen LogP contribution in [0.25, 0.3) is 21.9 Å². The van der Waals surface area contributed by atoms with Gasteiger partial charge in [-0.1, -0.05) is 32.0 Å². The third-order valence-electron chi connectivity index (χ3n) is 3.69. The van der Waals surface area contributed by atoms with E-state index in [1.165, 1.54) is 4.90 Å². The topological polar surface area (TPSA) is 30.2 Å². The smallest absolute Gasteiger partial charge is 0.200 e. The lowest BCUT2D eigenvalue weighted by Crippen LogP contribution is -2.03. The number of thiol groups is 1. The van der Waals surface area contributed by atoms with E-state index >= 15 is 0 Å². The Balaban J connectivity index is 2.43. The first-order valence-corrected chi connectivity index (χ1v) is 8.67. The van der Waals surface area contributed by atoms with E-state index in [2.05, 4.69) is 19.9 Å². The van der Waals surface area contributed by atoms with Gasteiger partial charge in [0.25, 0.3) is 0 Å². The normalized spacial score (nSPS) is 12.0. The molecule has 3 heteroatoms. The molecule has 0 unspecified atom stereocenters. The van der Waals surface area contributed by atoms with Gasteiger partial charge in [-0.15, -0.1) is 0 Å². The van der Waals surface area contributed by atoms with Crippen molar-refractivity contribution in [3.8, 4) is 0 Å². The van der Waals surface area contributed by atoms with Crippen molar-refractivity contribution in [2.45, 2.75) is 18.7 Å². The molecule has 2 nitrogen and oxygen atoms in total. The van der Waals surface area contributed by atoms with E-state index in [-0.39, 0.29) is 16.3 Å². The molecule has 20 heavy (non-hydrogen) atoms. The van der Waals surface area contributed by atoms with Crippen LogP contribution in [-0.2, 0) is 0 Å². The Hall–Kier alpha value is -1.74. The fourth-order valence-electron chi connectivity index (χ4n) is 2.62. The van der Waals surface area contributed by atoms with Gasteiger partial charge in [-0.3, -0.25) is 4.79 Å². The summed E-state index contributed by atoms with van der Waals surface area (Å²) in [6, 6.07) is 13.4. The van der Waals surface area contributed by atoms with Crippen LogP contribution in [0.5, 0.6) is 0 Å². The summed E-state index contributed by atoms with van der Waals surface area (Å²) in [5.41, 5.74) is 1.54. The molecule has 0 aliphatic heterocycles. The van der Waals surface area contributed by atoms with Crippen LogP contribution in [0.3, 0.4) is 0 Å². The molecule has 3 aromatic rings. The molecule has 1 aromatic heterocycles. The van der Waals surface area contributed by atoms with Crippen LogP contribution in [0.4, 0.5) is 0 Å². The average molecular weight is 286 g/mol. The molecule has 0 atom stereocenters. The van der Waals surface area contributed by atoms with Gasteiger partial charge in [-0.05, 0) is 35.8 Å². The molecule has 3 rings (SSSR count). The van der Waals surface area contributed by atoms with Gasteiger partial charge in [0.2, 0.25) is 5.43 Å². The van der Waals surface area contributed by atoms with Gasteiger partial charge in [0.05, 0.1) is 10.8 Å². The second-order valence-electron chi connectivity index (χ2n) is 4.75. The first-order chi connectivity index (χ1) is 9.76. The summed E-state index contributed by atoms with van der Waals surface area (Å²) in [7, 11) is -0.252. The van der Waals surface area contributed by atoms with Crippen molar-refractivity contribution in [2.24, 2.45) is 0 Å². The SMILES string of the molecule is CC[SH](CC)c1cccc2c(=O)c3ccccc3oc12. The van der Waals surface area contributed by atoms with Gasteiger partial charge in [0.15, 0.2) is 0 Å². The second-order valence-corrected chi connectivity index (χ2v) is 7.58. The van der Waals surface area contributed by atoms with Crippen LogP contribution in [0.15, 0.2) is 56.6 Å². The van der Waals surface area contributed by atoms with Gasteiger partial charge >= 0.3 is 0 Å². The molecule has 0 spiro atoms. The predicted molar refractivity (Wildman–Crippen MR) is 88.3 cm³/mol. The Morgan fingerprint density at radius 1 is 0.950 bits per heavy atom. The Morgan fingerprint density at radius 2 is 1.65 bits per heavy atom. The maximum absolute atomic E-state index is 12.6. The molecule has 0 saturated carbocycles. The largest absolute Gasteiger partial charge is 0.455 e. The lowest BCUT2D eigenvalue weighted by Gasteiger charge is -2.19. The number of para-hydroxylation sites is 2. The van der Waals surface area contributed by atoms with Crippen LogP contribution < -0.4 is 5.43 Å². The minimum Gasteiger partial charge on any atom is -0.455 e. The maximum Gasteiger partial charge on any atom is 0.200 e. The fourth-order valence-corrected chi connectivity index (χ4v) is 4.50. The lowest BCUT2D eigenvalue weighted by atomic mass is 10.1. The first kappa shape index (κ1) is 13.3. The summed E-state index contributed by atoms with van der Waals surface area (Å²) < 4.78 is 6.06. The zero-order valence-electron chi connectivity index (χ0n) is 11.7. The number of benzene rings is 2. The van der Waals surface area contributed by atoms with Crippen molar-refractivity contribution in [2.75, 3.05) is 11.5 Å². The Kier molecular flexibility index (Phi) is 3.53. The zero-order chi connectivity index (χ0) is 14.1. The summed E-state index contributed by atoms with van der Waals surface area (Å²) in [5.74, 6) is 2.23. The van der Waals surface area contributed by atoms with Crippen molar-refractivity contribution in [3.63, 3.8) is 0 Å². The van der Waals surface area contributed by atoms with Gasteiger partial charge in [-0.25, -0.2) is 10.9 Å². The molecule has 104 valence electrons. The van der Waals surface area contributed by atoms with E-state index in [9.17, 15) is 4.79 Å². The van der Waals surface area contributed by atoms with Crippen molar-refractivity contribution in [1.82, 2.24) is 0 Å². The monoisotopic (exact) mass is 286 g/mol. The van der Waals surface area contributed by atoms with E-state index in [0.29, 0.717) is 16.4 Å². The van der Waals surface area contributed by atoms with Crippen LogP contribution in [0, 0.1) is 0 Å². The fraction of sp³-hybridized carbons (Fsp3) is 0.235. The van der Waals surface area contributed by atoms with Crippen molar-refractivity contribution < 1.29 is 4.42 Å². The summed E-state index contributed by atoms with van der Waals surface area (Å²) >= 11 is 0. The zero-order valence-corrected chi connectivity index (χ0v) is 12.6. The molecule has 0 bridgehead atoms. The molecule has 0 amide bonds. The molecule has 2 aromatic carbocycles. The molecule has 1 heterocycles. The van der Waals surface area contributed by atoms with Crippen LogP contribution in [-0.4, -0.2) is 11.5 Å². The average Bonchev–Trinajstić information content (AvgIpc) is 2.49. The maximum atomic E-state index is 12.6. The Labute approximate surface area is 120 Å². The number of rotatable bonds is 3. The molecular weight excluding hydrogens is 268 g/mol. The Bertz CT molecular complexity index is 816. The summed E-state index contributed by atoms with van der Waals surface area (Å²) in [4.78, 5) is 13.8. The van der Waals surface area contributed by atoms with E-state index in [1.807, 2.05) is 36.4 Å². The van der Waals surface area contributed by atoms with Crippen LogP contribution in [0.2, 0.25) is 0 Å². The summed E-state index contributed by atoms with van der Waals surface area (Å²) in [6.07, 6.45) is 0. The molecule has 0 aliphatic carbocycles. The summed E-state index contributed by atoms with van der Waals surface area (Å²) in [5, 5.41) is 1.37. The predicted octanol–water partition coefficient (Wildman–Crippen LogP) is 4.35. The standard InChI is InChI=1S/C17H18O2S/c1-3-20(4-2)15-11-7-9-13-16(18)12-8-5-6-10-14(12)19-17(13)15/h5-11,20H,3-4H2,1-2H3. The molecule has 0 saturated heterocycles. The molecule has 0 N–H and O–H groups in total. The second kappa shape index (κ2) is 5.33. The molecule has 0 fully saturated rings. The van der Waals surface area contributed by atoms with Crippen molar-refractivity contribution >= 4 is 32.8 Å². The number of hydrogen-bond acceptors (Lipinski definition) is 2.